The Bertz CT molecular complexity index is 328. The second kappa shape index (κ2) is 7.06. The number of ketones is 1. The molecule has 2 aliphatic heterocycles. The fraction of sp³-hybridized carbons (Fsp3) is 0.938. The molecule has 114 valence electrons. The van der Waals surface area contributed by atoms with E-state index in [0.717, 1.165) is 43.3 Å². The van der Waals surface area contributed by atoms with Gasteiger partial charge in [-0.25, -0.2) is 0 Å². The van der Waals surface area contributed by atoms with Gasteiger partial charge in [-0.3, -0.25) is 4.79 Å². The molecule has 0 aromatic heterocycles. The van der Waals surface area contributed by atoms with Crippen LogP contribution in [0.4, 0.5) is 0 Å². The Hall–Kier alpha value is 0.330. The van der Waals surface area contributed by atoms with Crippen LogP contribution in [0, 0.1) is 5.92 Å². The van der Waals surface area contributed by atoms with Crippen LogP contribution in [0.15, 0.2) is 0 Å². The van der Waals surface area contributed by atoms with Gasteiger partial charge in [0.05, 0.1) is 11.4 Å². The molecular weight excluding hydrogens is 288 g/mol. The smallest absolute Gasteiger partial charge is 0.146 e. The standard InChI is InChI=1S/C16H26O2S2/c17-15(12-20-14-3-1-2-4-14)13-5-8-18-16(11-13)6-9-19-10-7-16/h13-14H,1-12H2. The van der Waals surface area contributed by atoms with Gasteiger partial charge in [0.1, 0.15) is 5.78 Å². The molecule has 3 aliphatic rings. The molecule has 0 radical (unpaired) electrons. The molecule has 0 aromatic rings. The predicted octanol–water partition coefficient (Wildman–Crippen LogP) is 3.92. The molecule has 1 spiro atoms. The quantitative estimate of drug-likeness (QED) is 0.785. The third kappa shape index (κ3) is 3.75. The van der Waals surface area contributed by atoms with Crippen LogP contribution in [-0.2, 0) is 9.53 Å². The molecule has 0 amide bonds. The van der Waals surface area contributed by atoms with E-state index in [1.54, 1.807) is 0 Å². The van der Waals surface area contributed by atoms with E-state index in [1.807, 2.05) is 23.5 Å². The van der Waals surface area contributed by atoms with Crippen molar-refractivity contribution in [1.29, 1.82) is 0 Å². The highest BCUT2D eigenvalue weighted by molar-refractivity contribution is 8.00. The molecule has 20 heavy (non-hydrogen) atoms. The van der Waals surface area contributed by atoms with E-state index in [-0.39, 0.29) is 11.5 Å². The molecule has 1 saturated carbocycles. The van der Waals surface area contributed by atoms with E-state index in [1.165, 1.54) is 37.2 Å². The van der Waals surface area contributed by atoms with Crippen molar-refractivity contribution >= 4 is 29.3 Å². The zero-order valence-corrected chi connectivity index (χ0v) is 13.9. The highest BCUT2D eigenvalue weighted by Gasteiger charge is 2.40. The van der Waals surface area contributed by atoms with Crippen LogP contribution in [0.1, 0.15) is 51.4 Å². The van der Waals surface area contributed by atoms with Crippen molar-refractivity contribution in [3.8, 4) is 0 Å². The minimum absolute atomic E-state index is 0.0574. The lowest BCUT2D eigenvalue weighted by Crippen LogP contribution is -2.44. The first kappa shape index (κ1) is 15.2. The molecule has 1 aliphatic carbocycles. The van der Waals surface area contributed by atoms with Crippen LogP contribution in [0.5, 0.6) is 0 Å². The van der Waals surface area contributed by atoms with Crippen LogP contribution in [0.2, 0.25) is 0 Å². The third-order valence-electron chi connectivity index (χ3n) is 5.12. The van der Waals surface area contributed by atoms with Gasteiger partial charge in [0.2, 0.25) is 0 Å². The van der Waals surface area contributed by atoms with E-state index in [2.05, 4.69) is 0 Å². The largest absolute Gasteiger partial charge is 0.375 e. The number of rotatable bonds is 4. The maximum atomic E-state index is 12.5. The van der Waals surface area contributed by atoms with Crippen LogP contribution < -0.4 is 0 Å². The molecule has 0 N–H and O–H groups in total. The fourth-order valence-corrected chi connectivity index (χ4v) is 6.31. The van der Waals surface area contributed by atoms with Gasteiger partial charge in [0, 0.05) is 17.8 Å². The summed E-state index contributed by atoms with van der Waals surface area (Å²) in [4.78, 5) is 12.5. The summed E-state index contributed by atoms with van der Waals surface area (Å²) in [6, 6.07) is 0. The van der Waals surface area contributed by atoms with E-state index in [0.29, 0.717) is 5.78 Å². The highest BCUT2D eigenvalue weighted by Crippen LogP contribution is 2.40. The van der Waals surface area contributed by atoms with Crippen molar-refractivity contribution in [2.24, 2.45) is 5.92 Å². The molecule has 3 rings (SSSR count). The molecule has 0 bridgehead atoms. The van der Waals surface area contributed by atoms with E-state index in [9.17, 15) is 4.79 Å². The van der Waals surface area contributed by atoms with Crippen molar-refractivity contribution < 1.29 is 9.53 Å². The fourth-order valence-electron chi connectivity index (χ4n) is 3.77. The summed E-state index contributed by atoms with van der Waals surface area (Å²) in [5.74, 6) is 3.94. The molecule has 4 heteroatoms. The Morgan fingerprint density at radius 2 is 1.95 bits per heavy atom. The summed E-state index contributed by atoms with van der Waals surface area (Å²) in [7, 11) is 0. The number of carbonyl (C=O) groups is 1. The Morgan fingerprint density at radius 3 is 2.70 bits per heavy atom. The summed E-state index contributed by atoms with van der Waals surface area (Å²) >= 11 is 3.96. The SMILES string of the molecule is O=C(CSC1CCCC1)C1CCOC2(CCSCC2)C1. The molecule has 1 atom stereocenters. The number of hydrogen-bond acceptors (Lipinski definition) is 4. The third-order valence-corrected chi connectivity index (χ3v) is 7.50. The average Bonchev–Trinajstić information content (AvgIpc) is 2.99. The lowest BCUT2D eigenvalue weighted by molar-refractivity contribution is -0.136. The van der Waals surface area contributed by atoms with Gasteiger partial charge < -0.3 is 4.74 Å². The highest BCUT2D eigenvalue weighted by atomic mass is 32.2. The summed E-state index contributed by atoms with van der Waals surface area (Å²) in [6.07, 6.45) is 9.64. The zero-order valence-electron chi connectivity index (χ0n) is 12.3. The van der Waals surface area contributed by atoms with Gasteiger partial charge in [0.25, 0.3) is 0 Å². The lowest BCUT2D eigenvalue weighted by atomic mass is 9.80. The maximum Gasteiger partial charge on any atom is 0.146 e. The number of Topliss-reactive ketones (excluding diaryl/α,β-unsaturated/α-hetero) is 1. The predicted molar refractivity (Wildman–Crippen MR) is 87.7 cm³/mol. The number of ether oxygens (including phenoxy) is 1. The summed E-state index contributed by atoms with van der Waals surface area (Å²) < 4.78 is 6.09. The summed E-state index contributed by atoms with van der Waals surface area (Å²) in [6.45, 7) is 0.801. The van der Waals surface area contributed by atoms with Crippen molar-refractivity contribution in [3.05, 3.63) is 0 Å². The lowest BCUT2D eigenvalue weighted by Gasteiger charge is -2.43. The van der Waals surface area contributed by atoms with Gasteiger partial charge >= 0.3 is 0 Å². The van der Waals surface area contributed by atoms with E-state index < -0.39 is 0 Å². The first-order valence-corrected chi connectivity index (χ1v) is 10.3. The molecule has 2 nitrogen and oxygen atoms in total. The molecular formula is C16H26O2S2. The molecule has 0 aromatic carbocycles. The molecule has 3 fully saturated rings. The number of carbonyl (C=O) groups excluding carboxylic acids is 1. The average molecular weight is 315 g/mol. The Labute approximate surface area is 131 Å². The van der Waals surface area contributed by atoms with Gasteiger partial charge in [-0.15, -0.1) is 0 Å². The summed E-state index contributed by atoms with van der Waals surface area (Å²) in [5, 5.41) is 0.763. The second-order valence-electron chi connectivity index (χ2n) is 6.52. The second-order valence-corrected chi connectivity index (χ2v) is 9.03. The van der Waals surface area contributed by atoms with Crippen LogP contribution in [0.25, 0.3) is 0 Å². The van der Waals surface area contributed by atoms with Crippen molar-refractivity contribution in [2.75, 3.05) is 23.9 Å². The van der Waals surface area contributed by atoms with E-state index >= 15 is 0 Å². The monoisotopic (exact) mass is 314 g/mol. The first-order chi connectivity index (χ1) is 9.77. The van der Waals surface area contributed by atoms with Crippen LogP contribution in [0.3, 0.4) is 0 Å². The molecule has 1 unspecified atom stereocenters. The Morgan fingerprint density at radius 1 is 1.20 bits per heavy atom. The van der Waals surface area contributed by atoms with Gasteiger partial charge in [-0.2, -0.15) is 23.5 Å². The van der Waals surface area contributed by atoms with Crippen LogP contribution >= 0.6 is 23.5 Å². The van der Waals surface area contributed by atoms with Crippen LogP contribution in [-0.4, -0.2) is 40.5 Å². The van der Waals surface area contributed by atoms with E-state index in [4.69, 9.17) is 4.74 Å². The maximum absolute atomic E-state index is 12.5. The van der Waals surface area contributed by atoms with Gasteiger partial charge in [-0.05, 0) is 50.0 Å². The topological polar surface area (TPSA) is 26.3 Å². The van der Waals surface area contributed by atoms with Crippen molar-refractivity contribution in [2.45, 2.75) is 62.2 Å². The van der Waals surface area contributed by atoms with Crippen molar-refractivity contribution in [1.82, 2.24) is 0 Å². The number of hydrogen-bond donors (Lipinski definition) is 0. The van der Waals surface area contributed by atoms with Crippen molar-refractivity contribution in [3.63, 3.8) is 0 Å². The Balaban J connectivity index is 1.49. The number of thioether (sulfide) groups is 2. The molecule has 2 saturated heterocycles. The minimum atomic E-state index is 0.0574. The molecule has 2 heterocycles. The summed E-state index contributed by atoms with van der Waals surface area (Å²) in [5.41, 5.74) is 0.0574. The van der Waals surface area contributed by atoms with Gasteiger partial charge in [-0.1, -0.05) is 12.8 Å². The normalized spacial score (nSPS) is 30.7. The Kier molecular flexibility index (Phi) is 5.38. The first-order valence-electron chi connectivity index (χ1n) is 8.13. The zero-order chi connectivity index (χ0) is 13.8. The minimum Gasteiger partial charge on any atom is -0.375 e. The van der Waals surface area contributed by atoms with Gasteiger partial charge in [0.15, 0.2) is 0 Å².